The molecule has 3 aliphatic carbocycles. The molecule has 15 heavy (non-hydrogen) atoms. The van der Waals surface area contributed by atoms with Crippen molar-refractivity contribution in [2.45, 2.75) is 33.1 Å². The van der Waals surface area contributed by atoms with E-state index in [1.54, 1.807) is 0 Å². The van der Waals surface area contributed by atoms with Crippen LogP contribution in [0.5, 0.6) is 0 Å². The topological polar surface area (TPSA) is 17.1 Å². The quantitative estimate of drug-likeness (QED) is 0.496. The molecule has 0 aromatic heterocycles. The van der Waals surface area contributed by atoms with Gasteiger partial charge >= 0.3 is 0 Å². The van der Waals surface area contributed by atoms with Crippen molar-refractivity contribution in [2.75, 3.05) is 0 Å². The van der Waals surface area contributed by atoms with Gasteiger partial charge in [-0.1, -0.05) is 17.7 Å². The molecule has 2 saturated carbocycles. The highest BCUT2D eigenvalue weighted by molar-refractivity contribution is 5.97. The first-order valence-corrected chi connectivity index (χ1v) is 6.02. The van der Waals surface area contributed by atoms with Crippen LogP contribution in [0.25, 0.3) is 0 Å². The minimum atomic E-state index is 0.0384. The van der Waals surface area contributed by atoms with Gasteiger partial charge in [0.05, 0.1) is 0 Å². The monoisotopic (exact) mass is 202 g/mol. The lowest BCUT2D eigenvalue weighted by Crippen LogP contribution is -2.48. The zero-order valence-corrected chi connectivity index (χ0v) is 9.49. The molecule has 1 heteroatoms. The number of carbonyl (C=O) groups is 1. The van der Waals surface area contributed by atoms with Crippen LogP contribution >= 0.6 is 0 Å². The molecule has 80 valence electrons. The molecule has 0 unspecified atom stereocenters. The van der Waals surface area contributed by atoms with Crippen LogP contribution in [0.2, 0.25) is 0 Å². The van der Waals surface area contributed by atoms with Gasteiger partial charge in [-0.25, -0.2) is 0 Å². The Morgan fingerprint density at radius 1 is 1.40 bits per heavy atom. The Balaban J connectivity index is 1.95. The lowest BCUT2D eigenvalue weighted by molar-refractivity contribution is -0.135. The molecule has 4 atom stereocenters. The Bertz CT molecular complexity index is 373. The van der Waals surface area contributed by atoms with Crippen molar-refractivity contribution < 1.29 is 4.79 Å². The molecule has 3 aliphatic rings. The molecule has 0 radical (unpaired) electrons. The van der Waals surface area contributed by atoms with E-state index in [1.807, 2.05) is 19.9 Å². The maximum absolute atomic E-state index is 12.3. The average molecular weight is 202 g/mol. The summed E-state index contributed by atoms with van der Waals surface area (Å²) < 4.78 is 0. The molecule has 0 heterocycles. The Hall–Kier alpha value is -0.850. The van der Waals surface area contributed by atoms with Gasteiger partial charge in [0, 0.05) is 5.41 Å². The minimum absolute atomic E-state index is 0.0384. The molecule has 2 fully saturated rings. The molecular formula is C14H18O. The van der Waals surface area contributed by atoms with E-state index in [-0.39, 0.29) is 5.41 Å². The van der Waals surface area contributed by atoms with Crippen LogP contribution in [0.3, 0.4) is 0 Å². The van der Waals surface area contributed by atoms with E-state index in [1.165, 1.54) is 12.8 Å². The van der Waals surface area contributed by atoms with Gasteiger partial charge in [0.1, 0.15) is 0 Å². The summed E-state index contributed by atoms with van der Waals surface area (Å²) >= 11 is 0. The molecule has 0 aromatic rings. The zero-order valence-electron chi connectivity index (χ0n) is 9.49. The van der Waals surface area contributed by atoms with Crippen LogP contribution in [0.4, 0.5) is 0 Å². The van der Waals surface area contributed by atoms with Gasteiger partial charge in [-0.2, -0.15) is 0 Å². The fourth-order valence-electron chi connectivity index (χ4n) is 3.97. The summed E-state index contributed by atoms with van der Waals surface area (Å²) in [5.41, 5.74) is 1.18. The molecule has 0 aromatic carbocycles. The van der Waals surface area contributed by atoms with E-state index in [2.05, 4.69) is 12.2 Å². The van der Waals surface area contributed by atoms with Crippen LogP contribution in [0, 0.1) is 23.2 Å². The number of ketones is 1. The van der Waals surface area contributed by atoms with Crippen molar-refractivity contribution in [2.24, 2.45) is 23.2 Å². The summed E-state index contributed by atoms with van der Waals surface area (Å²) in [5, 5.41) is 0. The summed E-state index contributed by atoms with van der Waals surface area (Å²) in [7, 11) is 0. The maximum atomic E-state index is 12.3. The smallest absolute Gasteiger partial charge is 0.162 e. The van der Waals surface area contributed by atoms with Gasteiger partial charge in [-0.15, -0.1) is 0 Å². The lowest BCUT2D eigenvalue weighted by atomic mass is 9.53. The van der Waals surface area contributed by atoms with Gasteiger partial charge < -0.3 is 0 Å². The summed E-state index contributed by atoms with van der Waals surface area (Å²) in [6.45, 7) is 4.04. The Morgan fingerprint density at radius 3 is 2.73 bits per heavy atom. The zero-order chi connectivity index (χ0) is 10.6. The van der Waals surface area contributed by atoms with E-state index in [0.29, 0.717) is 17.6 Å². The second-order valence-corrected chi connectivity index (χ2v) is 5.66. The largest absolute Gasteiger partial charge is 0.294 e. The van der Waals surface area contributed by atoms with Gasteiger partial charge in [-0.3, -0.25) is 4.79 Å². The van der Waals surface area contributed by atoms with Gasteiger partial charge in [0.15, 0.2) is 5.78 Å². The average Bonchev–Trinajstić information content (AvgIpc) is 2.57. The predicted octanol–water partition coefficient (Wildman–Crippen LogP) is 3.12. The third kappa shape index (κ3) is 1.01. The molecule has 0 N–H and O–H groups in total. The van der Waals surface area contributed by atoms with E-state index < -0.39 is 0 Å². The van der Waals surface area contributed by atoms with E-state index in [0.717, 1.165) is 17.9 Å². The number of carbonyl (C=O) groups excluding carboxylic acids is 1. The number of hydrogen-bond donors (Lipinski definition) is 0. The van der Waals surface area contributed by atoms with Gasteiger partial charge in [0.2, 0.25) is 0 Å². The van der Waals surface area contributed by atoms with Crippen LogP contribution in [-0.2, 0) is 4.79 Å². The SMILES string of the molecule is CC(C)=CC(=O)[C@]12CC[C@H]1[C@@H]1C=C[C@H]2C1. The third-order valence-electron chi connectivity index (χ3n) is 4.70. The Morgan fingerprint density at radius 2 is 2.20 bits per heavy atom. The molecule has 0 aliphatic heterocycles. The number of fused-ring (bicyclic) bond motifs is 5. The fraction of sp³-hybridized carbons (Fsp3) is 0.643. The Kier molecular flexibility index (Phi) is 1.78. The van der Waals surface area contributed by atoms with Crippen LogP contribution in [0.1, 0.15) is 33.1 Å². The Labute approximate surface area is 91.2 Å². The normalized spacial score (nSPS) is 44.8. The molecule has 0 spiro atoms. The molecule has 0 saturated heterocycles. The first kappa shape index (κ1) is 9.38. The highest BCUT2D eigenvalue weighted by Gasteiger charge is 2.63. The summed E-state index contributed by atoms with van der Waals surface area (Å²) in [4.78, 5) is 12.3. The summed E-state index contributed by atoms with van der Waals surface area (Å²) in [5.74, 6) is 2.37. The highest BCUT2D eigenvalue weighted by Crippen LogP contribution is 2.67. The standard InChI is InChI=1S/C14H18O/c1-9(2)7-13(15)14-6-5-12(14)10-3-4-11(14)8-10/h3-4,7,10-12H,5-6,8H2,1-2H3/t10-,11+,12+,14+/m1/s1. The molecule has 0 amide bonds. The van der Waals surface area contributed by atoms with Crippen molar-refractivity contribution >= 4 is 5.78 Å². The van der Waals surface area contributed by atoms with Gasteiger partial charge in [0.25, 0.3) is 0 Å². The number of hydrogen-bond acceptors (Lipinski definition) is 1. The summed E-state index contributed by atoms with van der Waals surface area (Å²) in [6, 6.07) is 0. The number of allylic oxidation sites excluding steroid dienone is 4. The maximum Gasteiger partial charge on any atom is 0.162 e. The molecule has 3 rings (SSSR count). The van der Waals surface area contributed by atoms with Crippen molar-refractivity contribution in [3.05, 3.63) is 23.8 Å². The van der Waals surface area contributed by atoms with E-state index in [9.17, 15) is 4.79 Å². The number of rotatable bonds is 2. The van der Waals surface area contributed by atoms with Crippen molar-refractivity contribution in [1.29, 1.82) is 0 Å². The molecule has 2 bridgehead atoms. The van der Waals surface area contributed by atoms with Crippen LogP contribution < -0.4 is 0 Å². The van der Waals surface area contributed by atoms with Crippen LogP contribution in [0.15, 0.2) is 23.8 Å². The first-order chi connectivity index (χ1) is 7.14. The third-order valence-corrected chi connectivity index (χ3v) is 4.70. The lowest BCUT2D eigenvalue weighted by Gasteiger charge is -2.49. The second kappa shape index (κ2) is 2.84. The fourth-order valence-corrected chi connectivity index (χ4v) is 3.97. The van der Waals surface area contributed by atoms with Gasteiger partial charge in [-0.05, 0) is 56.9 Å². The van der Waals surface area contributed by atoms with E-state index in [4.69, 9.17) is 0 Å². The van der Waals surface area contributed by atoms with Crippen molar-refractivity contribution in [1.82, 2.24) is 0 Å². The summed E-state index contributed by atoms with van der Waals surface area (Å²) in [6.07, 6.45) is 10.2. The first-order valence-electron chi connectivity index (χ1n) is 6.02. The molecular weight excluding hydrogens is 184 g/mol. The van der Waals surface area contributed by atoms with E-state index >= 15 is 0 Å². The van der Waals surface area contributed by atoms with Crippen molar-refractivity contribution in [3.63, 3.8) is 0 Å². The molecule has 1 nitrogen and oxygen atoms in total. The second-order valence-electron chi connectivity index (χ2n) is 5.66. The van der Waals surface area contributed by atoms with Crippen LogP contribution in [-0.4, -0.2) is 5.78 Å². The van der Waals surface area contributed by atoms with Crippen molar-refractivity contribution in [3.8, 4) is 0 Å². The predicted molar refractivity (Wildman–Crippen MR) is 60.3 cm³/mol. The minimum Gasteiger partial charge on any atom is -0.294 e. The highest BCUT2D eigenvalue weighted by atomic mass is 16.1.